The molecular formula is C6H12O5. The molecule has 11 heavy (non-hydrogen) atoms. The average Bonchev–Trinajstić information content (AvgIpc) is 2.01. The van der Waals surface area contributed by atoms with Gasteiger partial charge in [0.2, 0.25) is 0 Å². The van der Waals surface area contributed by atoms with Crippen LogP contribution in [0.3, 0.4) is 0 Å². The molecule has 0 radical (unpaired) electrons. The number of aliphatic hydroxyl groups is 3. The van der Waals surface area contributed by atoms with E-state index in [1.165, 1.54) is 7.11 Å². The highest BCUT2D eigenvalue weighted by atomic mass is 16.7. The molecule has 1 rings (SSSR count). The van der Waals surface area contributed by atoms with Crippen LogP contribution < -0.4 is 0 Å². The van der Waals surface area contributed by atoms with Gasteiger partial charge in [0.15, 0.2) is 6.29 Å². The summed E-state index contributed by atoms with van der Waals surface area (Å²) in [4.78, 5) is 0. The van der Waals surface area contributed by atoms with Crippen molar-refractivity contribution in [2.75, 3.05) is 13.7 Å². The molecule has 0 spiro atoms. The minimum absolute atomic E-state index is 0.0171. The predicted molar refractivity (Wildman–Crippen MR) is 34.8 cm³/mol. The zero-order chi connectivity index (χ0) is 8.43. The first kappa shape index (κ1) is 8.89. The summed E-state index contributed by atoms with van der Waals surface area (Å²) < 4.78 is 9.52. The topological polar surface area (TPSA) is 79.2 Å². The maximum atomic E-state index is 9.15. The van der Waals surface area contributed by atoms with Crippen LogP contribution >= 0.6 is 0 Å². The highest BCUT2D eigenvalue weighted by Gasteiger charge is 2.37. The van der Waals surface area contributed by atoms with Gasteiger partial charge in [-0.2, -0.15) is 0 Å². The summed E-state index contributed by atoms with van der Waals surface area (Å²) in [5.74, 6) is 0. The smallest absolute Gasteiger partial charge is 0.185 e. The molecule has 0 saturated carbocycles. The van der Waals surface area contributed by atoms with Gasteiger partial charge in [-0.3, -0.25) is 0 Å². The van der Waals surface area contributed by atoms with Crippen LogP contribution in [0.25, 0.3) is 0 Å². The quantitative estimate of drug-likeness (QED) is 0.420. The number of rotatable bonds is 1. The molecule has 5 nitrogen and oxygen atoms in total. The SMILES string of the molecule is COC1OC[C@@H](O)[C@H](O)[C@H]1O. The monoisotopic (exact) mass is 164 g/mol. The highest BCUT2D eigenvalue weighted by Crippen LogP contribution is 2.15. The molecule has 0 aromatic carbocycles. The third kappa shape index (κ3) is 1.69. The first-order valence-corrected chi connectivity index (χ1v) is 3.35. The Morgan fingerprint density at radius 3 is 2.45 bits per heavy atom. The van der Waals surface area contributed by atoms with E-state index in [1.807, 2.05) is 0 Å². The second-order valence-corrected chi connectivity index (χ2v) is 2.49. The number of hydrogen-bond donors (Lipinski definition) is 3. The van der Waals surface area contributed by atoms with Crippen LogP contribution in [0.2, 0.25) is 0 Å². The Morgan fingerprint density at radius 2 is 1.91 bits per heavy atom. The molecular weight excluding hydrogens is 152 g/mol. The van der Waals surface area contributed by atoms with Gasteiger partial charge < -0.3 is 24.8 Å². The molecule has 0 bridgehead atoms. The summed E-state index contributed by atoms with van der Waals surface area (Å²) in [6.07, 6.45) is -4.23. The Kier molecular flexibility index (Phi) is 2.80. The van der Waals surface area contributed by atoms with Crippen LogP contribution in [0.1, 0.15) is 0 Å². The van der Waals surface area contributed by atoms with E-state index < -0.39 is 24.6 Å². The first-order chi connectivity index (χ1) is 5.16. The number of ether oxygens (including phenoxy) is 2. The lowest BCUT2D eigenvalue weighted by atomic mass is 10.1. The second-order valence-electron chi connectivity index (χ2n) is 2.49. The molecule has 5 heteroatoms. The second kappa shape index (κ2) is 3.46. The molecule has 0 aromatic rings. The van der Waals surface area contributed by atoms with E-state index in [0.717, 1.165) is 0 Å². The molecule has 3 N–H and O–H groups in total. The van der Waals surface area contributed by atoms with Crippen molar-refractivity contribution in [1.82, 2.24) is 0 Å². The first-order valence-electron chi connectivity index (χ1n) is 3.35. The van der Waals surface area contributed by atoms with Crippen molar-refractivity contribution < 1.29 is 24.8 Å². The maximum absolute atomic E-state index is 9.15. The van der Waals surface area contributed by atoms with Crippen LogP contribution in [0.4, 0.5) is 0 Å². The van der Waals surface area contributed by atoms with Gasteiger partial charge in [0, 0.05) is 7.11 Å². The van der Waals surface area contributed by atoms with Crippen molar-refractivity contribution in [2.45, 2.75) is 24.6 Å². The van der Waals surface area contributed by atoms with Crippen LogP contribution in [-0.2, 0) is 9.47 Å². The van der Waals surface area contributed by atoms with Gasteiger partial charge in [0.05, 0.1) is 6.61 Å². The van der Waals surface area contributed by atoms with E-state index in [1.54, 1.807) is 0 Å². The predicted octanol–water partition coefficient (Wildman–Crippen LogP) is -1.93. The molecule has 0 aromatic heterocycles. The zero-order valence-electron chi connectivity index (χ0n) is 6.17. The van der Waals surface area contributed by atoms with Crippen molar-refractivity contribution in [2.24, 2.45) is 0 Å². The van der Waals surface area contributed by atoms with Crippen molar-refractivity contribution in [3.05, 3.63) is 0 Å². The number of methoxy groups -OCH3 is 1. The van der Waals surface area contributed by atoms with Gasteiger partial charge >= 0.3 is 0 Å². The van der Waals surface area contributed by atoms with Gasteiger partial charge in [0.1, 0.15) is 18.3 Å². The lowest BCUT2D eigenvalue weighted by Gasteiger charge is -2.33. The van der Waals surface area contributed by atoms with Crippen LogP contribution in [-0.4, -0.2) is 53.6 Å². The molecule has 1 heterocycles. The van der Waals surface area contributed by atoms with E-state index in [-0.39, 0.29) is 6.61 Å². The summed E-state index contributed by atoms with van der Waals surface area (Å²) in [6, 6.07) is 0. The highest BCUT2D eigenvalue weighted by molar-refractivity contribution is 4.81. The molecule has 0 aliphatic carbocycles. The Morgan fingerprint density at radius 1 is 1.27 bits per heavy atom. The fraction of sp³-hybridized carbons (Fsp3) is 1.00. The molecule has 66 valence electrons. The van der Waals surface area contributed by atoms with Crippen LogP contribution in [0.15, 0.2) is 0 Å². The molecule has 1 saturated heterocycles. The van der Waals surface area contributed by atoms with Crippen molar-refractivity contribution >= 4 is 0 Å². The largest absolute Gasteiger partial charge is 0.388 e. The zero-order valence-corrected chi connectivity index (χ0v) is 6.17. The fourth-order valence-electron chi connectivity index (χ4n) is 0.987. The van der Waals surface area contributed by atoms with Gasteiger partial charge in [-0.25, -0.2) is 0 Å². The van der Waals surface area contributed by atoms with Gasteiger partial charge in [0.25, 0.3) is 0 Å². The van der Waals surface area contributed by atoms with Gasteiger partial charge in [-0.05, 0) is 0 Å². The summed E-state index contributed by atoms with van der Waals surface area (Å²) in [7, 11) is 1.36. The Labute approximate surface area is 64.2 Å². The summed E-state index contributed by atoms with van der Waals surface area (Å²) in [6.45, 7) is -0.0171. The summed E-state index contributed by atoms with van der Waals surface area (Å²) in [5, 5.41) is 27.2. The van der Waals surface area contributed by atoms with E-state index in [0.29, 0.717) is 0 Å². The maximum Gasteiger partial charge on any atom is 0.185 e. The average molecular weight is 164 g/mol. The third-order valence-electron chi connectivity index (χ3n) is 1.69. The Bertz CT molecular complexity index is 126. The molecule has 1 aliphatic heterocycles. The van der Waals surface area contributed by atoms with Crippen molar-refractivity contribution in [3.63, 3.8) is 0 Å². The van der Waals surface area contributed by atoms with Gasteiger partial charge in [-0.15, -0.1) is 0 Å². The molecule has 1 aliphatic rings. The molecule has 1 fully saturated rings. The summed E-state index contributed by atoms with van der Waals surface area (Å²) in [5.41, 5.74) is 0. The minimum atomic E-state index is -1.19. The van der Waals surface area contributed by atoms with E-state index in [9.17, 15) is 0 Å². The van der Waals surface area contributed by atoms with Crippen molar-refractivity contribution in [1.29, 1.82) is 0 Å². The summed E-state index contributed by atoms with van der Waals surface area (Å²) >= 11 is 0. The van der Waals surface area contributed by atoms with E-state index in [2.05, 4.69) is 4.74 Å². The van der Waals surface area contributed by atoms with Crippen LogP contribution in [0, 0.1) is 0 Å². The number of hydrogen-bond acceptors (Lipinski definition) is 5. The van der Waals surface area contributed by atoms with E-state index >= 15 is 0 Å². The fourth-order valence-corrected chi connectivity index (χ4v) is 0.987. The minimum Gasteiger partial charge on any atom is -0.388 e. The third-order valence-corrected chi connectivity index (χ3v) is 1.69. The lowest BCUT2D eigenvalue weighted by molar-refractivity contribution is -0.261. The van der Waals surface area contributed by atoms with Crippen molar-refractivity contribution in [3.8, 4) is 0 Å². The van der Waals surface area contributed by atoms with Gasteiger partial charge in [-0.1, -0.05) is 0 Å². The lowest BCUT2D eigenvalue weighted by Crippen LogP contribution is -2.53. The van der Waals surface area contributed by atoms with E-state index in [4.69, 9.17) is 20.1 Å². The molecule has 0 amide bonds. The standard InChI is InChI=1S/C6H12O5/c1-10-6-5(9)4(8)3(7)2-11-6/h3-9H,2H2,1H3/t3-,4+,5-,6?/m1/s1. The molecule has 1 unspecified atom stereocenters. The number of aliphatic hydroxyl groups excluding tert-OH is 3. The Hall–Kier alpha value is -0.200. The van der Waals surface area contributed by atoms with Crippen LogP contribution in [0.5, 0.6) is 0 Å². The normalized spacial score (nSPS) is 45.8. The molecule has 4 atom stereocenters. The Balaban J connectivity index is 2.52.